The Bertz CT molecular complexity index is 694. The molecule has 2 aromatic rings. The molecule has 0 atom stereocenters. The maximum absolute atomic E-state index is 12.5. The number of hydrogen-bond acceptors (Lipinski definition) is 4. The van der Waals surface area contributed by atoms with Crippen LogP contribution in [0.4, 0.5) is 18.9 Å². The van der Waals surface area contributed by atoms with Crippen molar-refractivity contribution in [3.8, 4) is 0 Å². The zero-order chi connectivity index (χ0) is 15.8. The number of rotatable bonds is 3. The zero-order valence-electron chi connectivity index (χ0n) is 11.2. The fourth-order valence-corrected chi connectivity index (χ4v) is 1.89. The third kappa shape index (κ3) is 3.01. The first-order chi connectivity index (χ1) is 9.70. The minimum Gasteiger partial charge on any atom is -0.258 e. The van der Waals surface area contributed by atoms with Gasteiger partial charge in [0.1, 0.15) is 5.82 Å². The van der Waals surface area contributed by atoms with Gasteiger partial charge < -0.3 is 0 Å². The van der Waals surface area contributed by atoms with Gasteiger partial charge in [-0.1, -0.05) is 12.1 Å². The number of halogens is 3. The summed E-state index contributed by atoms with van der Waals surface area (Å²) in [4.78, 5) is 13.7. The van der Waals surface area contributed by atoms with E-state index in [1.54, 1.807) is 13.0 Å². The average Bonchev–Trinajstić information content (AvgIpc) is 2.73. The van der Waals surface area contributed by atoms with Crippen LogP contribution in [0.25, 0.3) is 0 Å². The van der Waals surface area contributed by atoms with Crippen molar-refractivity contribution in [2.24, 2.45) is 0 Å². The number of benzene rings is 1. The van der Waals surface area contributed by atoms with Gasteiger partial charge in [0.2, 0.25) is 0 Å². The molecule has 1 aromatic carbocycles. The van der Waals surface area contributed by atoms with Gasteiger partial charge >= 0.3 is 6.18 Å². The van der Waals surface area contributed by atoms with E-state index in [1.165, 1.54) is 19.1 Å². The van der Waals surface area contributed by atoms with Crippen molar-refractivity contribution in [1.29, 1.82) is 0 Å². The first-order valence-electron chi connectivity index (χ1n) is 5.91. The highest BCUT2D eigenvalue weighted by molar-refractivity contribution is 5.44. The monoisotopic (exact) mass is 300 g/mol. The van der Waals surface area contributed by atoms with E-state index in [2.05, 4.69) is 10.1 Å². The Morgan fingerprint density at radius 1 is 1.33 bits per heavy atom. The van der Waals surface area contributed by atoms with Crippen molar-refractivity contribution in [3.05, 3.63) is 51.1 Å². The number of nitro groups is 1. The summed E-state index contributed by atoms with van der Waals surface area (Å²) in [5.74, 6) is -1.13. The van der Waals surface area contributed by atoms with E-state index in [4.69, 9.17) is 0 Å². The molecule has 9 heteroatoms. The number of hydrogen-bond donors (Lipinski definition) is 0. The number of nitrogens with zero attached hydrogens (tertiary/aromatic N) is 4. The summed E-state index contributed by atoms with van der Waals surface area (Å²) >= 11 is 0. The van der Waals surface area contributed by atoms with Gasteiger partial charge in [-0.3, -0.25) is 10.1 Å². The van der Waals surface area contributed by atoms with Gasteiger partial charge in [-0.2, -0.15) is 13.2 Å². The van der Waals surface area contributed by atoms with Gasteiger partial charge in [0, 0.05) is 11.6 Å². The molecule has 1 heterocycles. The molecule has 6 nitrogen and oxygen atoms in total. The predicted octanol–water partition coefficient (Wildman–Crippen LogP) is 2.87. The van der Waals surface area contributed by atoms with Gasteiger partial charge in [-0.15, -0.1) is 5.10 Å². The molecular formula is C12H11F3N4O2. The Kier molecular flexibility index (Phi) is 3.67. The second kappa shape index (κ2) is 5.15. The van der Waals surface area contributed by atoms with Crippen LogP contribution in [0.5, 0.6) is 0 Å². The molecular weight excluding hydrogens is 289 g/mol. The zero-order valence-corrected chi connectivity index (χ0v) is 11.2. The van der Waals surface area contributed by atoms with Gasteiger partial charge in [0.05, 0.1) is 11.5 Å². The highest BCUT2D eigenvalue weighted by Crippen LogP contribution is 2.27. The van der Waals surface area contributed by atoms with Crippen LogP contribution in [0, 0.1) is 24.0 Å². The predicted molar refractivity (Wildman–Crippen MR) is 66.7 cm³/mol. The first kappa shape index (κ1) is 14.9. The third-order valence-corrected chi connectivity index (χ3v) is 3.04. The highest BCUT2D eigenvalue weighted by atomic mass is 19.4. The second-order valence-electron chi connectivity index (χ2n) is 4.46. The molecule has 0 aliphatic rings. The molecule has 0 fully saturated rings. The van der Waals surface area contributed by atoms with Crippen LogP contribution in [0.15, 0.2) is 18.2 Å². The molecule has 0 spiro atoms. The Balaban J connectivity index is 2.37. The lowest BCUT2D eigenvalue weighted by Gasteiger charge is -2.07. The van der Waals surface area contributed by atoms with Crippen LogP contribution >= 0.6 is 0 Å². The van der Waals surface area contributed by atoms with Crippen molar-refractivity contribution in [2.75, 3.05) is 0 Å². The van der Waals surface area contributed by atoms with Gasteiger partial charge in [0.15, 0.2) is 0 Å². The maximum atomic E-state index is 12.5. The highest BCUT2D eigenvalue weighted by Gasteiger charge is 2.36. The van der Waals surface area contributed by atoms with E-state index in [9.17, 15) is 23.3 Å². The molecule has 0 radical (unpaired) electrons. The van der Waals surface area contributed by atoms with E-state index in [0.717, 1.165) is 4.68 Å². The fourth-order valence-electron chi connectivity index (χ4n) is 1.89. The van der Waals surface area contributed by atoms with Crippen LogP contribution < -0.4 is 0 Å². The molecule has 0 amide bonds. The molecule has 0 aliphatic heterocycles. The normalized spacial score (nSPS) is 11.7. The van der Waals surface area contributed by atoms with Crippen molar-refractivity contribution >= 4 is 5.69 Å². The molecule has 0 unspecified atom stereocenters. The number of aryl methyl sites for hydroxylation is 1. The van der Waals surface area contributed by atoms with Crippen molar-refractivity contribution < 1.29 is 18.1 Å². The Labute approximate surface area is 117 Å². The molecule has 1 aromatic heterocycles. The summed E-state index contributed by atoms with van der Waals surface area (Å²) < 4.78 is 38.7. The molecule has 0 saturated carbocycles. The summed E-state index contributed by atoms with van der Waals surface area (Å²) in [6.07, 6.45) is -4.62. The van der Waals surface area contributed by atoms with E-state index in [0.29, 0.717) is 11.1 Å². The first-order valence-corrected chi connectivity index (χ1v) is 5.91. The Hall–Kier alpha value is -2.45. The summed E-state index contributed by atoms with van der Waals surface area (Å²) in [6.45, 7) is 2.93. The molecule has 2 rings (SSSR count). The SMILES string of the molecule is Cc1c(Cn2nc(C(F)(F)F)nc2C)cccc1[N+](=O)[O-]. The van der Waals surface area contributed by atoms with E-state index >= 15 is 0 Å². The standard InChI is InChI=1S/C12H11F3N4O2/c1-7-9(4-3-5-10(7)19(20)21)6-18-8(2)16-11(17-18)12(13,14)15/h3-5H,6H2,1-2H3. The van der Waals surface area contributed by atoms with Crippen LogP contribution in [-0.4, -0.2) is 19.7 Å². The van der Waals surface area contributed by atoms with E-state index in [1.807, 2.05) is 0 Å². The molecule has 21 heavy (non-hydrogen) atoms. The summed E-state index contributed by atoms with van der Waals surface area (Å²) in [6, 6.07) is 4.43. The van der Waals surface area contributed by atoms with Crippen LogP contribution in [0.1, 0.15) is 22.8 Å². The summed E-state index contributed by atoms with van der Waals surface area (Å²) in [5.41, 5.74) is 0.832. The Morgan fingerprint density at radius 2 is 2.00 bits per heavy atom. The van der Waals surface area contributed by atoms with Crippen LogP contribution in [0.3, 0.4) is 0 Å². The van der Waals surface area contributed by atoms with Crippen LogP contribution in [0.2, 0.25) is 0 Å². The number of aromatic nitrogens is 3. The summed E-state index contributed by atoms with van der Waals surface area (Å²) in [7, 11) is 0. The quantitative estimate of drug-likeness (QED) is 0.645. The molecule has 0 bridgehead atoms. The lowest BCUT2D eigenvalue weighted by Crippen LogP contribution is -2.10. The maximum Gasteiger partial charge on any atom is 0.453 e. The largest absolute Gasteiger partial charge is 0.453 e. The minimum absolute atomic E-state index is 0.0115. The lowest BCUT2D eigenvalue weighted by molar-refractivity contribution is -0.385. The smallest absolute Gasteiger partial charge is 0.258 e. The molecule has 0 saturated heterocycles. The molecule has 112 valence electrons. The second-order valence-corrected chi connectivity index (χ2v) is 4.46. The van der Waals surface area contributed by atoms with Crippen molar-refractivity contribution in [3.63, 3.8) is 0 Å². The molecule has 0 N–H and O–H groups in total. The van der Waals surface area contributed by atoms with Gasteiger partial charge in [0.25, 0.3) is 11.5 Å². The van der Waals surface area contributed by atoms with E-state index < -0.39 is 16.9 Å². The van der Waals surface area contributed by atoms with Gasteiger partial charge in [-0.05, 0) is 19.4 Å². The summed E-state index contributed by atoms with van der Waals surface area (Å²) in [5, 5.41) is 14.3. The van der Waals surface area contributed by atoms with Crippen LogP contribution in [-0.2, 0) is 12.7 Å². The third-order valence-electron chi connectivity index (χ3n) is 3.04. The topological polar surface area (TPSA) is 73.8 Å². The number of alkyl halides is 3. The fraction of sp³-hybridized carbons (Fsp3) is 0.333. The number of nitro benzene ring substituents is 1. The van der Waals surface area contributed by atoms with Gasteiger partial charge in [-0.25, -0.2) is 9.67 Å². The van der Waals surface area contributed by atoms with E-state index in [-0.39, 0.29) is 18.1 Å². The van der Waals surface area contributed by atoms with Crippen molar-refractivity contribution in [2.45, 2.75) is 26.6 Å². The average molecular weight is 300 g/mol. The van der Waals surface area contributed by atoms with Crippen molar-refractivity contribution in [1.82, 2.24) is 14.8 Å². The molecule has 0 aliphatic carbocycles. The minimum atomic E-state index is -4.62. The lowest BCUT2D eigenvalue weighted by atomic mass is 10.1. The Morgan fingerprint density at radius 3 is 2.52 bits per heavy atom.